The molecule has 22 heavy (non-hydrogen) atoms. The number of nitro benzene ring substituents is 1. The van der Waals surface area contributed by atoms with Gasteiger partial charge in [-0.3, -0.25) is 10.1 Å². The first kappa shape index (κ1) is 16.7. The Kier molecular flexibility index (Phi) is 5.02. The molecule has 1 aromatic rings. The van der Waals surface area contributed by atoms with E-state index in [1.165, 1.54) is 6.07 Å². The van der Waals surface area contributed by atoms with Crippen molar-refractivity contribution in [1.29, 1.82) is 0 Å². The second-order valence-corrected chi connectivity index (χ2v) is 7.45. The molecule has 0 aliphatic carbocycles. The van der Waals surface area contributed by atoms with Crippen LogP contribution in [0.15, 0.2) is 23.1 Å². The van der Waals surface area contributed by atoms with Gasteiger partial charge in [-0.05, 0) is 45.2 Å². The van der Waals surface area contributed by atoms with Crippen molar-refractivity contribution in [2.75, 3.05) is 18.0 Å². The van der Waals surface area contributed by atoms with Crippen molar-refractivity contribution in [1.82, 2.24) is 4.72 Å². The number of rotatable bonds is 5. The van der Waals surface area contributed by atoms with Crippen molar-refractivity contribution in [2.45, 2.75) is 44.0 Å². The summed E-state index contributed by atoms with van der Waals surface area (Å²) in [5.74, 6) is 0. The second-order valence-electron chi connectivity index (χ2n) is 5.73. The fourth-order valence-corrected chi connectivity index (χ4v) is 3.87. The van der Waals surface area contributed by atoms with E-state index < -0.39 is 14.9 Å². The molecule has 1 aromatic carbocycles. The van der Waals surface area contributed by atoms with Gasteiger partial charge in [-0.1, -0.05) is 0 Å². The topological polar surface area (TPSA) is 92.6 Å². The molecular weight excluding hydrogens is 306 g/mol. The largest absolute Gasteiger partial charge is 0.366 e. The molecule has 1 aliphatic rings. The Hall–Kier alpha value is -1.67. The van der Waals surface area contributed by atoms with E-state index >= 15 is 0 Å². The van der Waals surface area contributed by atoms with Gasteiger partial charge in [-0.15, -0.1) is 0 Å². The summed E-state index contributed by atoms with van der Waals surface area (Å²) in [7, 11) is -3.74. The number of hydrogen-bond donors (Lipinski definition) is 1. The van der Waals surface area contributed by atoms with Crippen LogP contribution < -0.4 is 9.62 Å². The van der Waals surface area contributed by atoms with Crippen molar-refractivity contribution in [3.05, 3.63) is 28.3 Å². The highest BCUT2D eigenvalue weighted by Gasteiger charge is 2.25. The Morgan fingerprint density at radius 2 is 1.86 bits per heavy atom. The zero-order valence-corrected chi connectivity index (χ0v) is 13.6. The summed E-state index contributed by atoms with van der Waals surface area (Å²) < 4.78 is 26.8. The van der Waals surface area contributed by atoms with E-state index in [1.807, 2.05) is 4.90 Å². The lowest BCUT2D eigenvalue weighted by molar-refractivity contribution is -0.384. The van der Waals surface area contributed by atoms with Crippen molar-refractivity contribution < 1.29 is 13.3 Å². The van der Waals surface area contributed by atoms with Crippen LogP contribution in [-0.4, -0.2) is 32.5 Å². The van der Waals surface area contributed by atoms with Crippen molar-refractivity contribution in [3.63, 3.8) is 0 Å². The first-order valence-electron chi connectivity index (χ1n) is 7.37. The van der Waals surface area contributed by atoms with Crippen LogP contribution in [0.3, 0.4) is 0 Å². The molecule has 2 rings (SSSR count). The van der Waals surface area contributed by atoms with E-state index in [9.17, 15) is 18.5 Å². The summed E-state index contributed by atoms with van der Waals surface area (Å²) in [5.41, 5.74) is 0.335. The molecule has 8 heteroatoms. The fraction of sp³-hybridized carbons (Fsp3) is 0.571. The lowest BCUT2D eigenvalue weighted by Gasteiger charge is -2.28. The maximum atomic E-state index is 12.2. The third-order valence-electron chi connectivity index (χ3n) is 3.54. The van der Waals surface area contributed by atoms with Gasteiger partial charge in [0.05, 0.1) is 9.82 Å². The molecular formula is C14H21N3O4S. The van der Waals surface area contributed by atoms with Gasteiger partial charge < -0.3 is 4.90 Å². The SMILES string of the molecule is CC(C)NS(=O)(=O)c1ccc(N2CCCCC2)c([N+](=O)[O-])c1. The Labute approximate surface area is 130 Å². The maximum absolute atomic E-state index is 12.2. The molecule has 0 bridgehead atoms. The quantitative estimate of drug-likeness (QED) is 0.661. The molecule has 0 amide bonds. The Bertz CT molecular complexity index is 652. The molecule has 0 spiro atoms. The van der Waals surface area contributed by atoms with Gasteiger partial charge >= 0.3 is 0 Å². The summed E-state index contributed by atoms with van der Waals surface area (Å²) >= 11 is 0. The highest BCUT2D eigenvalue weighted by Crippen LogP contribution is 2.32. The average molecular weight is 327 g/mol. The minimum absolute atomic E-state index is 0.0753. The van der Waals surface area contributed by atoms with E-state index in [2.05, 4.69) is 4.72 Å². The molecule has 1 saturated heterocycles. The number of anilines is 1. The molecule has 1 fully saturated rings. The average Bonchev–Trinajstić information content (AvgIpc) is 2.46. The molecule has 7 nitrogen and oxygen atoms in total. The van der Waals surface area contributed by atoms with E-state index in [1.54, 1.807) is 19.9 Å². The summed E-state index contributed by atoms with van der Waals surface area (Å²) in [6, 6.07) is 3.85. The third-order valence-corrected chi connectivity index (χ3v) is 5.20. The lowest BCUT2D eigenvalue weighted by Crippen LogP contribution is -2.31. The maximum Gasteiger partial charge on any atom is 0.293 e. The highest BCUT2D eigenvalue weighted by molar-refractivity contribution is 7.89. The summed E-state index contributed by atoms with van der Waals surface area (Å²) in [5, 5.41) is 11.3. The molecule has 1 N–H and O–H groups in total. The van der Waals surface area contributed by atoms with Crippen LogP contribution in [0.1, 0.15) is 33.1 Å². The van der Waals surface area contributed by atoms with Crippen LogP contribution in [0.5, 0.6) is 0 Å². The van der Waals surface area contributed by atoms with E-state index in [0.717, 1.165) is 38.4 Å². The predicted octanol–water partition coefficient (Wildman–Crippen LogP) is 2.27. The van der Waals surface area contributed by atoms with E-state index in [-0.39, 0.29) is 16.6 Å². The van der Waals surface area contributed by atoms with E-state index in [0.29, 0.717) is 5.69 Å². The Morgan fingerprint density at radius 3 is 2.41 bits per heavy atom. The van der Waals surface area contributed by atoms with Gasteiger partial charge in [0, 0.05) is 25.2 Å². The minimum Gasteiger partial charge on any atom is -0.366 e. The van der Waals surface area contributed by atoms with Crippen LogP contribution >= 0.6 is 0 Å². The van der Waals surface area contributed by atoms with Crippen LogP contribution in [-0.2, 0) is 10.0 Å². The van der Waals surface area contributed by atoms with Gasteiger partial charge in [0.2, 0.25) is 10.0 Å². The lowest BCUT2D eigenvalue weighted by atomic mass is 10.1. The zero-order valence-electron chi connectivity index (χ0n) is 12.8. The Morgan fingerprint density at radius 1 is 1.23 bits per heavy atom. The molecule has 122 valence electrons. The van der Waals surface area contributed by atoms with Crippen molar-refractivity contribution >= 4 is 21.4 Å². The first-order valence-corrected chi connectivity index (χ1v) is 8.85. The van der Waals surface area contributed by atoms with Crippen LogP contribution in [0.2, 0.25) is 0 Å². The predicted molar refractivity (Wildman–Crippen MR) is 84.6 cm³/mol. The first-order chi connectivity index (χ1) is 10.3. The number of piperidine rings is 1. The van der Waals surface area contributed by atoms with Gasteiger partial charge in [0.25, 0.3) is 5.69 Å². The molecule has 0 radical (unpaired) electrons. The van der Waals surface area contributed by atoms with Crippen LogP contribution in [0.25, 0.3) is 0 Å². The van der Waals surface area contributed by atoms with Crippen LogP contribution in [0.4, 0.5) is 11.4 Å². The van der Waals surface area contributed by atoms with Crippen LogP contribution in [0, 0.1) is 10.1 Å². The normalized spacial score (nSPS) is 16.0. The number of hydrogen-bond acceptors (Lipinski definition) is 5. The third kappa shape index (κ3) is 3.75. The molecule has 1 aliphatic heterocycles. The summed E-state index contributed by atoms with van der Waals surface area (Å²) in [6.07, 6.45) is 3.10. The van der Waals surface area contributed by atoms with Gasteiger partial charge in [-0.2, -0.15) is 0 Å². The fourth-order valence-electron chi connectivity index (χ4n) is 2.60. The highest BCUT2D eigenvalue weighted by atomic mass is 32.2. The monoisotopic (exact) mass is 327 g/mol. The smallest absolute Gasteiger partial charge is 0.293 e. The number of nitrogens with zero attached hydrogens (tertiary/aromatic N) is 2. The van der Waals surface area contributed by atoms with Gasteiger partial charge in [0.15, 0.2) is 0 Å². The number of sulfonamides is 1. The standard InChI is InChI=1S/C14H21N3O4S/c1-11(2)15-22(20,21)12-6-7-13(14(10-12)17(18)19)16-8-4-3-5-9-16/h6-7,10-11,15H,3-5,8-9H2,1-2H3. The number of nitro groups is 1. The second kappa shape index (κ2) is 6.62. The zero-order chi connectivity index (χ0) is 16.3. The molecule has 0 saturated carbocycles. The Balaban J connectivity index is 2.41. The number of nitrogens with one attached hydrogen (secondary N) is 1. The minimum atomic E-state index is -3.74. The van der Waals surface area contributed by atoms with Crippen molar-refractivity contribution in [2.24, 2.45) is 0 Å². The van der Waals surface area contributed by atoms with Crippen molar-refractivity contribution in [3.8, 4) is 0 Å². The molecule has 0 atom stereocenters. The van der Waals surface area contributed by atoms with E-state index in [4.69, 9.17) is 0 Å². The van der Waals surface area contributed by atoms with Gasteiger partial charge in [0.1, 0.15) is 5.69 Å². The molecule has 0 unspecified atom stereocenters. The summed E-state index contributed by atoms with van der Waals surface area (Å²) in [4.78, 5) is 12.7. The van der Waals surface area contributed by atoms with Gasteiger partial charge in [-0.25, -0.2) is 13.1 Å². The number of benzene rings is 1. The molecule has 0 aromatic heterocycles. The summed E-state index contributed by atoms with van der Waals surface area (Å²) in [6.45, 7) is 4.93. The molecule has 1 heterocycles.